The second-order valence-electron chi connectivity index (χ2n) is 10.9. The summed E-state index contributed by atoms with van der Waals surface area (Å²) in [6, 6.07) is 55.0. The molecule has 4 heteroatoms. The lowest BCUT2D eigenvalue weighted by molar-refractivity contribution is 0.643. The van der Waals surface area contributed by atoms with E-state index >= 15 is 0 Å². The molecule has 8 aromatic rings. The summed E-state index contributed by atoms with van der Waals surface area (Å²) in [5, 5.41) is 5.47. The first-order valence-corrected chi connectivity index (χ1v) is 16.3. The zero-order chi connectivity index (χ0) is 28.1. The van der Waals surface area contributed by atoms with Crippen LogP contribution in [0.3, 0.4) is 0 Å². The molecule has 200 valence electrons. The maximum Gasteiger partial charge on any atom is 0.307 e. The number of oxazole rings is 1. The van der Waals surface area contributed by atoms with Gasteiger partial charge in [0.15, 0.2) is 13.7 Å². The van der Waals surface area contributed by atoms with Crippen LogP contribution in [0.2, 0.25) is 0 Å². The van der Waals surface area contributed by atoms with Crippen LogP contribution in [-0.4, -0.2) is 17.5 Å². The third kappa shape index (κ3) is 3.69. The van der Waals surface area contributed by atoms with E-state index in [0.717, 1.165) is 22.1 Å². The molecule has 42 heavy (non-hydrogen) atoms. The van der Waals surface area contributed by atoms with Gasteiger partial charge in [-0.05, 0) is 68.6 Å². The van der Waals surface area contributed by atoms with Gasteiger partial charge in [-0.15, -0.1) is 0 Å². The van der Waals surface area contributed by atoms with Crippen molar-refractivity contribution < 1.29 is 4.42 Å². The number of hydrogen-bond donors (Lipinski definition) is 0. The van der Waals surface area contributed by atoms with Gasteiger partial charge in [-0.3, -0.25) is 4.40 Å². The molecular formula is C38H28N2OSi. The first-order chi connectivity index (χ1) is 20.7. The highest BCUT2D eigenvalue weighted by Crippen LogP contribution is 2.32. The highest BCUT2D eigenvalue weighted by Gasteiger charge is 2.41. The molecule has 2 heterocycles. The fourth-order valence-corrected chi connectivity index (χ4v) is 11.4. The number of aryl methyl sites for hydroxylation is 1. The third-order valence-electron chi connectivity index (χ3n) is 8.50. The Balaban J connectivity index is 1.40. The predicted octanol–water partition coefficient (Wildman–Crippen LogP) is 6.59. The van der Waals surface area contributed by atoms with Crippen LogP contribution in [0.5, 0.6) is 0 Å². The van der Waals surface area contributed by atoms with Crippen molar-refractivity contribution in [2.24, 2.45) is 0 Å². The average molecular weight is 557 g/mol. The van der Waals surface area contributed by atoms with Crippen LogP contribution in [-0.2, 0) is 0 Å². The van der Waals surface area contributed by atoms with Gasteiger partial charge in [-0.1, -0.05) is 127 Å². The highest BCUT2D eigenvalue weighted by molar-refractivity contribution is 7.19. The minimum Gasteiger partial charge on any atom is -0.423 e. The van der Waals surface area contributed by atoms with Crippen molar-refractivity contribution in [1.82, 2.24) is 9.38 Å². The molecule has 0 unspecified atom stereocenters. The molecular weight excluding hydrogens is 529 g/mol. The van der Waals surface area contributed by atoms with Gasteiger partial charge in [0.2, 0.25) is 0 Å². The number of benzene rings is 6. The number of rotatable bonds is 5. The average Bonchev–Trinajstić information content (AvgIpc) is 3.58. The molecule has 8 rings (SSSR count). The van der Waals surface area contributed by atoms with E-state index in [-0.39, 0.29) is 0 Å². The van der Waals surface area contributed by atoms with Crippen molar-refractivity contribution in [2.45, 2.75) is 6.92 Å². The normalized spacial score (nSPS) is 11.9. The number of nitrogens with zero attached hydrogens (tertiary/aromatic N) is 2. The molecule has 0 saturated carbocycles. The number of imidazole rings is 1. The highest BCUT2D eigenvalue weighted by atomic mass is 28.3. The minimum absolute atomic E-state index is 0.625. The second kappa shape index (κ2) is 9.72. The van der Waals surface area contributed by atoms with E-state index in [1.165, 1.54) is 37.4 Å². The lowest BCUT2D eigenvalue weighted by Gasteiger charge is -2.34. The van der Waals surface area contributed by atoms with Crippen LogP contribution in [0.1, 0.15) is 5.56 Å². The lowest BCUT2D eigenvalue weighted by Crippen LogP contribution is -2.74. The summed E-state index contributed by atoms with van der Waals surface area (Å²) >= 11 is 0. The first kappa shape index (κ1) is 24.6. The van der Waals surface area contributed by atoms with E-state index in [2.05, 4.69) is 145 Å². The van der Waals surface area contributed by atoms with Crippen molar-refractivity contribution in [3.8, 4) is 11.1 Å². The predicted molar refractivity (Wildman–Crippen MR) is 176 cm³/mol. The molecule has 0 spiro atoms. The van der Waals surface area contributed by atoms with Gasteiger partial charge < -0.3 is 4.42 Å². The smallest absolute Gasteiger partial charge is 0.307 e. The molecule has 2 aromatic heterocycles. The van der Waals surface area contributed by atoms with Gasteiger partial charge in [0.1, 0.15) is 0 Å². The van der Waals surface area contributed by atoms with Crippen LogP contribution in [0.15, 0.2) is 156 Å². The van der Waals surface area contributed by atoms with Gasteiger partial charge in [-0.2, -0.15) is 4.98 Å². The number of fused-ring (bicyclic) bond motifs is 5. The van der Waals surface area contributed by atoms with Crippen molar-refractivity contribution in [3.63, 3.8) is 0 Å². The van der Waals surface area contributed by atoms with Crippen molar-refractivity contribution >= 4 is 56.8 Å². The van der Waals surface area contributed by atoms with Gasteiger partial charge in [0.05, 0.1) is 16.6 Å². The van der Waals surface area contributed by atoms with E-state index < -0.39 is 8.07 Å². The van der Waals surface area contributed by atoms with Gasteiger partial charge in [0.25, 0.3) is 0 Å². The largest absolute Gasteiger partial charge is 0.423 e. The van der Waals surface area contributed by atoms with E-state index in [0.29, 0.717) is 5.84 Å². The summed E-state index contributed by atoms with van der Waals surface area (Å²) in [6.45, 7) is 2.18. The van der Waals surface area contributed by atoms with E-state index in [1.807, 2.05) is 18.2 Å². The number of para-hydroxylation sites is 2. The zero-order valence-electron chi connectivity index (χ0n) is 23.2. The molecule has 0 aliphatic heterocycles. The van der Waals surface area contributed by atoms with Gasteiger partial charge in [0, 0.05) is 0 Å². The van der Waals surface area contributed by atoms with E-state index in [9.17, 15) is 0 Å². The summed E-state index contributed by atoms with van der Waals surface area (Å²) in [5.41, 5.74) is 7.47. The Morgan fingerprint density at radius 1 is 0.548 bits per heavy atom. The van der Waals surface area contributed by atoms with E-state index in [1.54, 1.807) is 0 Å². The molecule has 0 saturated heterocycles. The molecule has 0 bridgehead atoms. The minimum atomic E-state index is -2.62. The standard InChI is InChI=1S/C38H28N2OSi/c1-27-24-34-36(40-35-22-11-12-23-37(35)41-38(40)39-34)26-33(27)28-14-13-21-32(25-28)42(29-15-5-2-6-16-29,30-17-7-3-8-18-30)31-19-9-4-10-20-31/h2-26H,1H3. The first-order valence-electron chi connectivity index (χ1n) is 14.3. The Morgan fingerprint density at radius 3 is 1.76 bits per heavy atom. The number of hydrogen-bond acceptors (Lipinski definition) is 2. The molecule has 3 nitrogen and oxygen atoms in total. The summed E-state index contributed by atoms with van der Waals surface area (Å²) in [5.74, 6) is 0.625. The van der Waals surface area contributed by atoms with Crippen LogP contribution < -0.4 is 20.7 Å². The molecule has 0 atom stereocenters. The Bertz CT molecular complexity index is 2100. The summed E-state index contributed by atoms with van der Waals surface area (Å²) in [6.07, 6.45) is 0. The fraction of sp³-hybridized carbons (Fsp3) is 0.0263. The molecule has 6 aromatic carbocycles. The van der Waals surface area contributed by atoms with Crippen molar-refractivity contribution in [3.05, 3.63) is 157 Å². The summed E-state index contributed by atoms with van der Waals surface area (Å²) < 4.78 is 8.22. The second-order valence-corrected chi connectivity index (χ2v) is 14.7. The quantitative estimate of drug-likeness (QED) is 0.177. The van der Waals surface area contributed by atoms with Gasteiger partial charge in [-0.25, -0.2) is 0 Å². The lowest BCUT2D eigenvalue weighted by atomic mass is 10.00. The SMILES string of the molecule is Cc1cc2nc3oc4ccccc4n3c2cc1-c1cccc([Si](c2ccccc2)(c2ccccc2)c2ccccc2)c1. The van der Waals surface area contributed by atoms with Crippen LogP contribution in [0.25, 0.3) is 39.1 Å². The zero-order valence-corrected chi connectivity index (χ0v) is 24.2. The van der Waals surface area contributed by atoms with Crippen LogP contribution >= 0.6 is 0 Å². The van der Waals surface area contributed by atoms with Crippen LogP contribution in [0, 0.1) is 6.92 Å². The Kier molecular flexibility index (Phi) is 5.69. The van der Waals surface area contributed by atoms with Crippen LogP contribution in [0.4, 0.5) is 0 Å². The number of aromatic nitrogens is 2. The maximum absolute atomic E-state index is 6.09. The summed E-state index contributed by atoms with van der Waals surface area (Å²) in [4.78, 5) is 4.83. The maximum atomic E-state index is 6.09. The molecule has 0 aliphatic carbocycles. The molecule has 0 fully saturated rings. The molecule has 0 amide bonds. The Morgan fingerprint density at radius 2 is 1.12 bits per heavy atom. The molecule has 0 aliphatic rings. The van der Waals surface area contributed by atoms with E-state index in [4.69, 9.17) is 9.40 Å². The Labute approximate surface area is 245 Å². The Hall–Kier alpha value is -5.19. The third-order valence-corrected chi connectivity index (χ3v) is 13.3. The molecule has 0 radical (unpaired) electrons. The monoisotopic (exact) mass is 556 g/mol. The summed E-state index contributed by atoms with van der Waals surface area (Å²) in [7, 11) is -2.62. The van der Waals surface area contributed by atoms with Crippen molar-refractivity contribution in [1.29, 1.82) is 0 Å². The fourth-order valence-electron chi connectivity index (χ4n) is 6.63. The molecule has 0 N–H and O–H groups in total. The van der Waals surface area contributed by atoms with Gasteiger partial charge >= 0.3 is 5.84 Å². The van der Waals surface area contributed by atoms with Crippen molar-refractivity contribution in [2.75, 3.05) is 0 Å². The topological polar surface area (TPSA) is 30.4 Å².